The Labute approximate surface area is 87.1 Å². The second-order valence-electron chi connectivity index (χ2n) is 2.59. The third-order valence-electron chi connectivity index (χ3n) is 1.59. The summed E-state index contributed by atoms with van der Waals surface area (Å²) in [7, 11) is 0. The third kappa shape index (κ3) is 3.40. The largest absolute Gasteiger partial charge is 0.478 e. The number of carboxylic acids is 1. The van der Waals surface area contributed by atoms with E-state index in [2.05, 4.69) is 0 Å². The third-order valence-corrected chi connectivity index (χ3v) is 2.47. The molecule has 0 amide bonds. The van der Waals surface area contributed by atoms with Crippen LogP contribution in [0.4, 0.5) is 0 Å². The summed E-state index contributed by atoms with van der Waals surface area (Å²) in [5.74, 6) is -0.344. The maximum Gasteiger partial charge on any atom is 0.335 e. The molecule has 1 rings (SSSR count). The second-order valence-corrected chi connectivity index (χ2v) is 3.58. The Bertz CT molecular complexity index is 312. The molecule has 0 atom stereocenters. The first-order chi connectivity index (χ1) is 6.74. The molecule has 1 N–H and O–H groups in total. The van der Waals surface area contributed by atoms with Gasteiger partial charge in [0.1, 0.15) is 0 Å². The van der Waals surface area contributed by atoms with Gasteiger partial charge in [0, 0.05) is 11.5 Å². The van der Waals surface area contributed by atoms with Gasteiger partial charge >= 0.3 is 5.97 Å². The average molecular weight is 212 g/mol. The molecular weight excluding hydrogens is 200 g/mol. The summed E-state index contributed by atoms with van der Waals surface area (Å²) in [6, 6.07) is 6.83. The fourth-order valence-corrected chi connectivity index (χ4v) is 1.68. The summed E-state index contributed by atoms with van der Waals surface area (Å²) < 4.78 is 5.15. The summed E-state index contributed by atoms with van der Waals surface area (Å²) in [6.07, 6.45) is 0. The van der Waals surface area contributed by atoms with E-state index in [0.717, 1.165) is 4.90 Å². The van der Waals surface area contributed by atoms with Gasteiger partial charge in [-0.3, -0.25) is 0 Å². The van der Waals surface area contributed by atoms with Crippen molar-refractivity contribution in [2.75, 3.05) is 12.5 Å². The van der Waals surface area contributed by atoms with Gasteiger partial charge in [-0.05, 0) is 25.1 Å². The van der Waals surface area contributed by atoms with Crippen LogP contribution >= 0.6 is 11.8 Å². The molecule has 0 aromatic heterocycles. The Hall–Kier alpha value is -1.00. The molecule has 0 bridgehead atoms. The van der Waals surface area contributed by atoms with Crippen LogP contribution in [0.2, 0.25) is 0 Å². The predicted octanol–water partition coefficient (Wildman–Crippen LogP) is 2.47. The van der Waals surface area contributed by atoms with E-state index in [0.29, 0.717) is 18.1 Å². The maximum atomic E-state index is 10.6. The summed E-state index contributed by atoms with van der Waals surface area (Å²) >= 11 is 1.49. The van der Waals surface area contributed by atoms with Crippen LogP contribution in [-0.2, 0) is 4.74 Å². The Morgan fingerprint density at radius 2 is 2.36 bits per heavy atom. The molecule has 0 aliphatic carbocycles. The molecule has 0 unspecified atom stereocenters. The minimum absolute atomic E-state index is 0.312. The van der Waals surface area contributed by atoms with Gasteiger partial charge in [0.2, 0.25) is 0 Å². The molecule has 1 aromatic rings. The summed E-state index contributed by atoms with van der Waals surface area (Å²) in [6.45, 7) is 2.60. The SMILES string of the molecule is CCOCSc1cccc(C(=O)O)c1. The maximum absolute atomic E-state index is 10.6. The van der Waals surface area contributed by atoms with Gasteiger partial charge in [-0.2, -0.15) is 0 Å². The van der Waals surface area contributed by atoms with E-state index >= 15 is 0 Å². The van der Waals surface area contributed by atoms with Gasteiger partial charge in [0.15, 0.2) is 0 Å². The van der Waals surface area contributed by atoms with E-state index in [1.807, 2.05) is 13.0 Å². The monoisotopic (exact) mass is 212 g/mol. The summed E-state index contributed by atoms with van der Waals surface area (Å²) in [4.78, 5) is 11.6. The molecule has 0 spiro atoms. The first-order valence-corrected chi connectivity index (χ1v) is 5.26. The van der Waals surface area contributed by atoms with Crippen LogP contribution in [-0.4, -0.2) is 23.6 Å². The van der Waals surface area contributed by atoms with Crippen LogP contribution < -0.4 is 0 Å². The van der Waals surface area contributed by atoms with Gasteiger partial charge in [-0.1, -0.05) is 17.8 Å². The lowest BCUT2D eigenvalue weighted by Crippen LogP contribution is -1.95. The Kier molecular flexibility index (Phi) is 4.49. The smallest absolute Gasteiger partial charge is 0.335 e. The van der Waals surface area contributed by atoms with Crippen molar-refractivity contribution >= 4 is 17.7 Å². The number of ether oxygens (including phenoxy) is 1. The van der Waals surface area contributed by atoms with E-state index in [9.17, 15) is 4.79 Å². The number of carboxylic acid groups (broad SMARTS) is 1. The fraction of sp³-hybridized carbons (Fsp3) is 0.300. The molecule has 0 heterocycles. The number of carbonyl (C=O) groups is 1. The van der Waals surface area contributed by atoms with Crippen LogP contribution in [0, 0.1) is 0 Å². The first-order valence-electron chi connectivity index (χ1n) is 4.28. The first kappa shape index (κ1) is 11.1. The Morgan fingerprint density at radius 3 is 3.00 bits per heavy atom. The number of thioether (sulfide) groups is 1. The topological polar surface area (TPSA) is 46.5 Å². The van der Waals surface area contributed by atoms with Crippen LogP contribution in [0.5, 0.6) is 0 Å². The Morgan fingerprint density at radius 1 is 1.57 bits per heavy atom. The molecule has 4 heteroatoms. The number of hydrogen-bond donors (Lipinski definition) is 1. The number of benzene rings is 1. The highest BCUT2D eigenvalue weighted by Gasteiger charge is 2.02. The molecule has 76 valence electrons. The predicted molar refractivity (Wildman–Crippen MR) is 55.8 cm³/mol. The lowest BCUT2D eigenvalue weighted by atomic mass is 10.2. The van der Waals surface area contributed by atoms with E-state index in [4.69, 9.17) is 9.84 Å². The van der Waals surface area contributed by atoms with Gasteiger partial charge in [0.05, 0.1) is 11.5 Å². The van der Waals surface area contributed by atoms with Gasteiger partial charge in [-0.25, -0.2) is 4.79 Å². The zero-order valence-electron chi connectivity index (χ0n) is 7.90. The zero-order chi connectivity index (χ0) is 10.4. The fourth-order valence-electron chi connectivity index (χ4n) is 0.912. The quantitative estimate of drug-likeness (QED) is 0.462. The van der Waals surface area contributed by atoms with Crippen molar-refractivity contribution in [3.8, 4) is 0 Å². The van der Waals surface area contributed by atoms with Crippen molar-refractivity contribution in [2.24, 2.45) is 0 Å². The lowest BCUT2D eigenvalue weighted by molar-refractivity contribution is 0.0696. The van der Waals surface area contributed by atoms with Crippen LogP contribution in [0.3, 0.4) is 0 Å². The molecule has 0 radical (unpaired) electrons. The van der Waals surface area contributed by atoms with Crippen LogP contribution in [0.15, 0.2) is 29.2 Å². The lowest BCUT2D eigenvalue weighted by Gasteiger charge is -2.02. The van der Waals surface area contributed by atoms with Crippen molar-refractivity contribution in [2.45, 2.75) is 11.8 Å². The van der Waals surface area contributed by atoms with Gasteiger partial charge in [0.25, 0.3) is 0 Å². The van der Waals surface area contributed by atoms with Crippen molar-refractivity contribution in [1.82, 2.24) is 0 Å². The highest BCUT2D eigenvalue weighted by molar-refractivity contribution is 7.99. The second kappa shape index (κ2) is 5.67. The van der Waals surface area contributed by atoms with E-state index in [-0.39, 0.29) is 0 Å². The summed E-state index contributed by atoms with van der Waals surface area (Å²) in [5, 5.41) is 8.74. The molecule has 1 aromatic carbocycles. The van der Waals surface area contributed by atoms with E-state index < -0.39 is 5.97 Å². The average Bonchev–Trinajstić information content (AvgIpc) is 2.19. The highest BCUT2D eigenvalue weighted by atomic mass is 32.2. The van der Waals surface area contributed by atoms with Crippen LogP contribution in [0.25, 0.3) is 0 Å². The molecular formula is C10H12O3S. The summed E-state index contributed by atoms with van der Waals surface area (Å²) in [5.41, 5.74) is 0.312. The molecule has 0 saturated carbocycles. The minimum Gasteiger partial charge on any atom is -0.478 e. The molecule has 0 fully saturated rings. The molecule has 3 nitrogen and oxygen atoms in total. The molecule has 0 aliphatic rings. The number of aromatic carboxylic acids is 1. The normalized spacial score (nSPS) is 10.1. The van der Waals surface area contributed by atoms with Crippen molar-refractivity contribution < 1.29 is 14.6 Å². The molecule has 14 heavy (non-hydrogen) atoms. The highest BCUT2D eigenvalue weighted by Crippen LogP contribution is 2.19. The van der Waals surface area contributed by atoms with Gasteiger partial charge < -0.3 is 9.84 Å². The molecule has 0 saturated heterocycles. The van der Waals surface area contributed by atoms with Crippen molar-refractivity contribution in [1.29, 1.82) is 0 Å². The minimum atomic E-state index is -0.899. The standard InChI is InChI=1S/C10H12O3S/c1-2-13-7-14-9-5-3-4-8(6-9)10(11)12/h3-6H,2,7H2,1H3,(H,11,12). The van der Waals surface area contributed by atoms with E-state index in [1.165, 1.54) is 11.8 Å². The Balaban J connectivity index is 2.59. The van der Waals surface area contributed by atoms with Crippen molar-refractivity contribution in [3.63, 3.8) is 0 Å². The van der Waals surface area contributed by atoms with Crippen molar-refractivity contribution in [3.05, 3.63) is 29.8 Å². The van der Waals surface area contributed by atoms with Gasteiger partial charge in [-0.15, -0.1) is 0 Å². The van der Waals surface area contributed by atoms with Crippen LogP contribution in [0.1, 0.15) is 17.3 Å². The zero-order valence-corrected chi connectivity index (χ0v) is 8.71. The molecule has 0 aliphatic heterocycles. The van der Waals surface area contributed by atoms with E-state index in [1.54, 1.807) is 18.2 Å². The number of rotatable bonds is 5. The number of hydrogen-bond acceptors (Lipinski definition) is 3.